The van der Waals surface area contributed by atoms with Crippen LogP contribution in [0.25, 0.3) is 6.08 Å². The number of rotatable bonds is 11. The van der Waals surface area contributed by atoms with Crippen LogP contribution in [0.5, 0.6) is 11.5 Å². The minimum absolute atomic E-state index is 0.0106. The van der Waals surface area contributed by atoms with Gasteiger partial charge in [-0.15, -0.1) is 0 Å². The number of non-ortho nitro benzene ring substituents is 1. The highest BCUT2D eigenvalue weighted by Gasteiger charge is 2.34. The van der Waals surface area contributed by atoms with E-state index in [1.165, 1.54) is 22.6 Å². The first-order valence-corrected chi connectivity index (χ1v) is 13.6. The van der Waals surface area contributed by atoms with Crippen LogP contribution in [0.2, 0.25) is 0 Å². The summed E-state index contributed by atoms with van der Waals surface area (Å²) in [6.45, 7) is 2.79. The Kier molecular flexibility index (Phi) is 9.19. The molecule has 38 heavy (non-hydrogen) atoms. The number of thioether (sulfide) groups is 1. The van der Waals surface area contributed by atoms with Crippen LogP contribution in [-0.4, -0.2) is 34.1 Å². The van der Waals surface area contributed by atoms with Gasteiger partial charge in [0.2, 0.25) is 0 Å². The molecule has 0 aliphatic carbocycles. The largest absolute Gasteiger partial charge is 0.490 e. The molecule has 0 N–H and O–H groups in total. The molecule has 1 saturated heterocycles. The van der Waals surface area contributed by atoms with Gasteiger partial charge in [-0.3, -0.25) is 24.6 Å². The summed E-state index contributed by atoms with van der Waals surface area (Å²) < 4.78 is 12.4. The summed E-state index contributed by atoms with van der Waals surface area (Å²) in [5, 5.41) is 10.6. The van der Waals surface area contributed by atoms with E-state index in [-0.39, 0.29) is 23.4 Å². The Morgan fingerprint density at radius 3 is 2.39 bits per heavy atom. The topological polar surface area (TPSA) is 99.0 Å². The van der Waals surface area contributed by atoms with Crippen molar-refractivity contribution in [1.82, 2.24) is 4.90 Å². The number of hydrogen-bond donors (Lipinski definition) is 0. The van der Waals surface area contributed by atoms with Crippen molar-refractivity contribution in [3.05, 3.63) is 103 Å². The zero-order chi connectivity index (χ0) is 27.1. The Hall–Kier alpha value is -3.63. The van der Waals surface area contributed by atoms with Crippen molar-refractivity contribution in [1.29, 1.82) is 0 Å². The van der Waals surface area contributed by atoms with Crippen LogP contribution in [-0.2, 0) is 17.8 Å². The second-order valence-electron chi connectivity index (χ2n) is 8.39. The smallest absolute Gasteiger partial charge is 0.293 e. The molecule has 0 atom stereocenters. The predicted octanol–water partition coefficient (Wildman–Crippen LogP) is 7.00. The van der Waals surface area contributed by atoms with Crippen LogP contribution >= 0.6 is 27.7 Å². The zero-order valence-electron chi connectivity index (χ0n) is 20.6. The molecule has 8 nitrogen and oxygen atoms in total. The third-order valence-electron chi connectivity index (χ3n) is 5.75. The number of benzene rings is 3. The van der Waals surface area contributed by atoms with Gasteiger partial charge in [-0.05, 0) is 78.6 Å². The van der Waals surface area contributed by atoms with E-state index in [9.17, 15) is 19.7 Å². The molecule has 1 fully saturated rings. The average Bonchev–Trinajstić information content (AvgIpc) is 3.18. The standard InChI is InChI=1S/C28H25BrN2O6S/c1-2-36-24-15-21(23(29)17-25(24)37-18-20-10-12-22(13-11-20)31(34)35)16-26-27(32)30(28(33)38-26)14-6-9-19-7-4-3-5-8-19/h3-5,7-8,10-13,15-17H,2,6,9,14,18H2,1H3/b26-16+. The van der Waals surface area contributed by atoms with Crippen LogP contribution < -0.4 is 9.47 Å². The highest BCUT2D eigenvalue weighted by Crippen LogP contribution is 2.38. The van der Waals surface area contributed by atoms with Crippen molar-refractivity contribution in [3.63, 3.8) is 0 Å². The van der Waals surface area contributed by atoms with Crippen LogP contribution in [0, 0.1) is 10.1 Å². The molecule has 0 aromatic heterocycles. The lowest BCUT2D eigenvalue weighted by atomic mass is 10.1. The highest BCUT2D eigenvalue weighted by atomic mass is 79.9. The SMILES string of the molecule is CCOc1cc(/C=C2/SC(=O)N(CCCc3ccccc3)C2=O)c(Br)cc1OCc1ccc([N+](=O)[O-])cc1. The number of nitrogens with zero attached hydrogens (tertiary/aromatic N) is 2. The number of amides is 2. The molecule has 196 valence electrons. The first kappa shape index (κ1) is 27.4. The maximum Gasteiger partial charge on any atom is 0.293 e. The predicted molar refractivity (Wildman–Crippen MR) is 150 cm³/mol. The van der Waals surface area contributed by atoms with E-state index in [0.717, 1.165) is 23.7 Å². The summed E-state index contributed by atoms with van der Waals surface area (Å²) >= 11 is 4.46. The van der Waals surface area contributed by atoms with E-state index in [2.05, 4.69) is 15.9 Å². The van der Waals surface area contributed by atoms with Gasteiger partial charge < -0.3 is 9.47 Å². The summed E-state index contributed by atoms with van der Waals surface area (Å²) in [6, 6.07) is 19.6. The zero-order valence-corrected chi connectivity index (χ0v) is 23.0. The van der Waals surface area contributed by atoms with Gasteiger partial charge in [0.15, 0.2) is 11.5 Å². The van der Waals surface area contributed by atoms with E-state index in [1.807, 2.05) is 37.3 Å². The molecule has 1 heterocycles. The molecule has 2 amide bonds. The molecule has 4 rings (SSSR count). The molecule has 0 spiro atoms. The Bertz CT molecular complexity index is 1360. The fraction of sp³-hybridized carbons (Fsp3) is 0.214. The fourth-order valence-corrected chi connectivity index (χ4v) is 5.13. The van der Waals surface area contributed by atoms with Crippen molar-refractivity contribution in [2.24, 2.45) is 0 Å². The van der Waals surface area contributed by atoms with Gasteiger partial charge in [0, 0.05) is 23.2 Å². The van der Waals surface area contributed by atoms with Gasteiger partial charge in [0.1, 0.15) is 6.61 Å². The number of aryl methyl sites for hydroxylation is 1. The van der Waals surface area contributed by atoms with E-state index in [1.54, 1.807) is 30.3 Å². The van der Waals surface area contributed by atoms with Crippen LogP contribution in [0.3, 0.4) is 0 Å². The third kappa shape index (κ3) is 6.81. The van der Waals surface area contributed by atoms with Gasteiger partial charge in [-0.2, -0.15) is 0 Å². The summed E-state index contributed by atoms with van der Waals surface area (Å²) in [4.78, 5) is 37.6. The molecule has 3 aromatic rings. The highest BCUT2D eigenvalue weighted by molar-refractivity contribution is 9.10. The minimum atomic E-state index is -0.451. The average molecular weight is 597 g/mol. The Labute approximate surface area is 232 Å². The lowest BCUT2D eigenvalue weighted by Crippen LogP contribution is -2.29. The molecule has 1 aliphatic heterocycles. The van der Waals surface area contributed by atoms with Crippen molar-refractivity contribution in [2.75, 3.05) is 13.2 Å². The van der Waals surface area contributed by atoms with Gasteiger partial charge in [0.05, 0.1) is 16.4 Å². The van der Waals surface area contributed by atoms with Crippen LogP contribution in [0.4, 0.5) is 10.5 Å². The quantitative estimate of drug-likeness (QED) is 0.133. The molecule has 1 aliphatic rings. The molecule has 3 aromatic carbocycles. The van der Waals surface area contributed by atoms with Gasteiger partial charge in [-0.1, -0.05) is 46.3 Å². The number of carbonyl (C=O) groups excluding carboxylic acids is 2. The van der Waals surface area contributed by atoms with Crippen molar-refractivity contribution >= 4 is 50.6 Å². The summed E-state index contributed by atoms with van der Waals surface area (Å²) in [5.41, 5.74) is 2.61. The molecule has 0 bridgehead atoms. The molecule has 0 saturated carbocycles. The summed E-state index contributed by atoms with van der Waals surface area (Å²) in [5.74, 6) is 0.644. The second-order valence-corrected chi connectivity index (χ2v) is 10.2. The molecule has 0 radical (unpaired) electrons. The Morgan fingerprint density at radius 1 is 1.00 bits per heavy atom. The third-order valence-corrected chi connectivity index (χ3v) is 7.35. The number of imide groups is 1. The Balaban J connectivity index is 1.46. The first-order chi connectivity index (χ1) is 18.4. The lowest BCUT2D eigenvalue weighted by Gasteiger charge is -2.14. The Morgan fingerprint density at radius 2 is 1.71 bits per heavy atom. The number of nitro benzene ring substituents is 1. The van der Waals surface area contributed by atoms with Crippen LogP contribution in [0.1, 0.15) is 30.0 Å². The summed E-state index contributed by atoms with van der Waals surface area (Å²) in [7, 11) is 0. The van der Waals surface area contributed by atoms with E-state index >= 15 is 0 Å². The van der Waals surface area contributed by atoms with Crippen LogP contribution in [0.15, 0.2) is 76.1 Å². The maximum atomic E-state index is 13.0. The number of halogens is 1. The second kappa shape index (κ2) is 12.7. The van der Waals surface area contributed by atoms with E-state index < -0.39 is 4.92 Å². The van der Waals surface area contributed by atoms with Gasteiger partial charge >= 0.3 is 0 Å². The normalized spacial score (nSPS) is 14.3. The van der Waals surface area contributed by atoms with Crippen molar-refractivity contribution in [3.8, 4) is 11.5 Å². The first-order valence-electron chi connectivity index (χ1n) is 12.0. The number of ether oxygens (including phenoxy) is 2. The number of hydrogen-bond acceptors (Lipinski definition) is 7. The molecular weight excluding hydrogens is 572 g/mol. The van der Waals surface area contributed by atoms with Crippen molar-refractivity contribution in [2.45, 2.75) is 26.4 Å². The fourth-order valence-electron chi connectivity index (χ4n) is 3.84. The monoisotopic (exact) mass is 596 g/mol. The summed E-state index contributed by atoms with van der Waals surface area (Å²) in [6.07, 6.45) is 3.15. The minimum Gasteiger partial charge on any atom is -0.490 e. The molecule has 0 unspecified atom stereocenters. The van der Waals surface area contributed by atoms with E-state index in [4.69, 9.17) is 9.47 Å². The molecule has 10 heteroatoms. The van der Waals surface area contributed by atoms with Gasteiger partial charge in [-0.25, -0.2) is 0 Å². The van der Waals surface area contributed by atoms with Crippen molar-refractivity contribution < 1.29 is 24.0 Å². The van der Waals surface area contributed by atoms with Gasteiger partial charge in [0.25, 0.3) is 16.8 Å². The number of carbonyl (C=O) groups is 2. The molecular formula is C28H25BrN2O6S. The number of nitro groups is 1. The maximum absolute atomic E-state index is 13.0. The van der Waals surface area contributed by atoms with E-state index in [0.29, 0.717) is 46.0 Å². The lowest BCUT2D eigenvalue weighted by molar-refractivity contribution is -0.384.